The zero-order valence-corrected chi connectivity index (χ0v) is 12.6. The highest BCUT2D eigenvalue weighted by Gasteiger charge is 2.32. The minimum atomic E-state index is -4.43. The number of carbonyl (C=O) groups excluding carboxylic acids is 1. The van der Waals surface area contributed by atoms with E-state index in [9.17, 15) is 18.0 Å². The molecule has 0 bridgehead atoms. The molecule has 1 N–H and O–H groups in total. The van der Waals surface area contributed by atoms with Gasteiger partial charge < -0.3 is 10.2 Å². The molecule has 3 rings (SSSR count). The van der Waals surface area contributed by atoms with Crippen molar-refractivity contribution in [3.05, 3.63) is 29.6 Å². The first-order valence-electron chi connectivity index (χ1n) is 7.72. The fourth-order valence-electron chi connectivity index (χ4n) is 3.09. The maximum Gasteiger partial charge on any atom is 0.417 e. The largest absolute Gasteiger partial charge is 0.417 e. The number of pyridine rings is 1. The van der Waals surface area contributed by atoms with E-state index in [1.807, 2.05) is 0 Å². The van der Waals surface area contributed by atoms with Crippen LogP contribution in [0.5, 0.6) is 0 Å². The average molecular weight is 328 g/mol. The molecule has 2 fully saturated rings. The molecule has 0 aliphatic carbocycles. The molecule has 1 unspecified atom stereocenters. The third-order valence-electron chi connectivity index (χ3n) is 4.46. The summed E-state index contributed by atoms with van der Waals surface area (Å²) in [6.07, 6.45) is -2.60. The number of amides is 1. The van der Waals surface area contributed by atoms with Gasteiger partial charge in [0, 0.05) is 45.0 Å². The number of hydrogen-bond donors (Lipinski definition) is 1. The van der Waals surface area contributed by atoms with Crippen molar-refractivity contribution in [2.45, 2.75) is 18.6 Å². The Morgan fingerprint density at radius 1 is 1.22 bits per heavy atom. The predicted molar refractivity (Wildman–Crippen MR) is 78.0 cm³/mol. The van der Waals surface area contributed by atoms with E-state index >= 15 is 0 Å². The highest BCUT2D eigenvalue weighted by molar-refractivity contribution is 5.92. The molecular weight excluding hydrogens is 309 g/mol. The fraction of sp³-hybridized carbons (Fsp3) is 0.600. The van der Waals surface area contributed by atoms with Crippen molar-refractivity contribution >= 4 is 5.91 Å². The smallest absolute Gasteiger partial charge is 0.335 e. The van der Waals surface area contributed by atoms with Gasteiger partial charge in [0.2, 0.25) is 0 Å². The molecule has 2 aliphatic rings. The van der Waals surface area contributed by atoms with Gasteiger partial charge in [0.1, 0.15) is 5.69 Å². The first-order valence-corrected chi connectivity index (χ1v) is 7.72. The van der Waals surface area contributed by atoms with Gasteiger partial charge in [-0.25, -0.2) is 0 Å². The zero-order chi connectivity index (χ0) is 16.4. The van der Waals surface area contributed by atoms with Gasteiger partial charge in [0.25, 0.3) is 5.91 Å². The summed E-state index contributed by atoms with van der Waals surface area (Å²) in [5, 5.41) is 3.32. The van der Waals surface area contributed by atoms with Crippen LogP contribution in [0, 0.1) is 0 Å². The van der Waals surface area contributed by atoms with E-state index in [0.29, 0.717) is 25.3 Å². The summed E-state index contributed by atoms with van der Waals surface area (Å²) >= 11 is 0. The molecule has 5 nitrogen and oxygen atoms in total. The second kappa shape index (κ2) is 6.45. The molecule has 23 heavy (non-hydrogen) atoms. The van der Waals surface area contributed by atoms with Crippen LogP contribution in [0.1, 0.15) is 22.5 Å². The lowest BCUT2D eigenvalue weighted by molar-refractivity contribution is -0.137. The number of rotatable bonds is 2. The quantitative estimate of drug-likeness (QED) is 0.887. The van der Waals surface area contributed by atoms with Crippen LogP contribution in [0.4, 0.5) is 13.2 Å². The van der Waals surface area contributed by atoms with E-state index in [4.69, 9.17) is 0 Å². The molecule has 0 aromatic carbocycles. The van der Waals surface area contributed by atoms with Crippen LogP contribution in [0.15, 0.2) is 18.3 Å². The van der Waals surface area contributed by atoms with Gasteiger partial charge in [-0.2, -0.15) is 13.2 Å². The molecule has 3 heterocycles. The zero-order valence-electron chi connectivity index (χ0n) is 12.6. The number of nitrogens with one attached hydrogen (secondary N) is 1. The Hall–Kier alpha value is -1.67. The summed E-state index contributed by atoms with van der Waals surface area (Å²) in [5.74, 6) is -0.303. The van der Waals surface area contributed by atoms with Crippen molar-refractivity contribution in [3.63, 3.8) is 0 Å². The Kier molecular flexibility index (Phi) is 4.54. The fourth-order valence-corrected chi connectivity index (χ4v) is 3.09. The first kappa shape index (κ1) is 16.2. The summed E-state index contributed by atoms with van der Waals surface area (Å²) in [4.78, 5) is 20.0. The van der Waals surface area contributed by atoms with Crippen molar-refractivity contribution in [2.75, 3.05) is 39.3 Å². The molecule has 1 atom stereocenters. The van der Waals surface area contributed by atoms with Crippen LogP contribution >= 0.6 is 0 Å². The average Bonchev–Trinajstić information content (AvgIpc) is 3.08. The molecular formula is C15H19F3N4O. The molecule has 1 aromatic heterocycles. The van der Waals surface area contributed by atoms with Crippen molar-refractivity contribution in [1.82, 2.24) is 20.1 Å². The van der Waals surface area contributed by atoms with Crippen LogP contribution in [-0.4, -0.2) is 66.0 Å². The number of nitrogens with zero attached hydrogens (tertiary/aromatic N) is 3. The summed E-state index contributed by atoms with van der Waals surface area (Å²) in [7, 11) is 0. The van der Waals surface area contributed by atoms with Gasteiger partial charge in [-0.3, -0.25) is 14.7 Å². The first-order chi connectivity index (χ1) is 10.9. The van der Waals surface area contributed by atoms with Crippen LogP contribution in [0.25, 0.3) is 0 Å². The van der Waals surface area contributed by atoms with Gasteiger partial charge in [0.05, 0.1) is 5.56 Å². The Bertz CT molecular complexity index is 547. The number of piperazine rings is 1. The number of aromatic nitrogens is 1. The lowest BCUT2D eigenvalue weighted by atomic mass is 10.1. The van der Waals surface area contributed by atoms with Gasteiger partial charge in [-0.05, 0) is 25.1 Å². The lowest BCUT2D eigenvalue weighted by Gasteiger charge is -2.37. The lowest BCUT2D eigenvalue weighted by Crippen LogP contribution is -2.52. The molecule has 1 amide bonds. The number of carbonyl (C=O) groups is 1. The monoisotopic (exact) mass is 328 g/mol. The highest BCUT2D eigenvalue weighted by Crippen LogP contribution is 2.28. The standard InChI is InChI=1S/C15H19F3N4O/c16-15(17,18)11-1-2-13(20-9-11)14(23)22-7-5-21(6-8-22)12-3-4-19-10-12/h1-2,9,12,19H,3-8,10H2. The third-order valence-corrected chi connectivity index (χ3v) is 4.46. The summed E-state index contributed by atoms with van der Waals surface area (Å²) in [6.45, 7) is 4.75. The third kappa shape index (κ3) is 3.64. The van der Waals surface area contributed by atoms with E-state index < -0.39 is 11.7 Å². The van der Waals surface area contributed by atoms with E-state index in [-0.39, 0.29) is 11.6 Å². The van der Waals surface area contributed by atoms with Crippen molar-refractivity contribution in [1.29, 1.82) is 0 Å². The number of alkyl halides is 3. The second-order valence-electron chi connectivity index (χ2n) is 5.90. The summed E-state index contributed by atoms with van der Waals surface area (Å²) < 4.78 is 37.6. The molecule has 0 saturated carbocycles. The minimum Gasteiger partial charge on any atom is -0.335 e. The van der Waals surface area contributed by atoms with Crippen molar-refractivity contribution in [3.8, 4) is 0 Å². The maximum absolute atomic E-state index is 12.5. The Labute approximate surface area is 132 Å². The van der Waals surface area contributed by atoms with Gasteiger partial charge in [-0.15, -0.1) is 0 Å². The Balaban J connectivity index is 1.58. The van der Waals surface area contributed by atoms with Crippen LogP contribution < -0.4 is 5.32 Å². The minimum absolute atomic E-state index is 0.0639. The predicted octanol–water partition coefficient (Wildman–Crippen LogP) is 1.22. The Morgan fingerprint density at radius 3 is 2.48 bits per heavy atom. The molecule has 126 valence electrons. The Morgan fingerprint density at radius 2 is 1.96 bits per heavy atom. The summed E-state index contributed by atoms with van der Waals surface area (Å²) in [6, 6.07) is 2.58. The maximum atomic E-state index is 12.5. The van der Waals surface area contributed by atoms with Crippen LogP contribution in [-0.2, 0) is 6.18 Å². The SMILES string of the molecule is O=C(c1ccc(C(F)(F)F)cn1)N1CCN(C2CCNC2)CC1. The molecule has 2 saturated heterocycles. The van der Waals surface area contributed by atoms with E-state index in [1.54, 1.807) is 4.90 Å². The van der Waals surface area contributed by atoms with E-state index in [0.717, 1.165) is 44.7 Å². The number of hydrogen-bond acceptors (Lipinski definition) is 4. The van der Waals surface area contributed by atoms with E-state index in [1.165, 1.54) is 0 Å². The molecule has 0 radical (unpaired) electrons. The normalized spacial score (nSPS) is 23.3. The molecule has 8 heteroatoms. The molecule has 0 spiro atoms. The van der Waals surface area contributed by atoms with Crippen molar-refractivity contribution < 1.29 is 18.0 Å². The van der Waals surface area contributed by atoms with Gasteiger partial charge in [-0.1, -0.05) is 0 Å². The molecule has 1 aromatic rings. The molecule has 2 aliphatic heterocycles. The topological polar surface area (TPSA) is 48.5 Å². The van der Waals surface area contributed by atoms with E-state index in [2.05, 4.69) is 15.2 Å². The van der Waals surface area contributed by atoms with Gasteiger partial charge >= 0.3 is 6.18 Å². The van der Waals surface area contributed by atoms with Crippen molar-refractivity contribution in [2.24, 2.45) is 0 Å². The van der Waals surface area contributed by atoms with Crippen LogP contribution in [0.3, 0.4) is 0 Å². The second-order valence-corrected chi connectivity index (χ2v) is 5.90. The van der Waals surface area contributed by atoms with Gasteiger partial charge in [0.15, 0.2) is 0 Å². The van der Waals surface area contributed by atoms with Crippen LogP contribution in [0.2, 0.25) is 0 Å². The summed E-state index contributed by atoms with van der Waals surface area (Å²) in [5.41, 5.74) is -0.776. The highest BCUT2D eigenvalue weighted by atomic mass is 19.4. The number of halogens is 3.